The number of carbonyl (C=O) groups excluding carboxylic acids is 1. The van der Waals surface area contributed by atoms with Crippen LogP contribution in [0.4, 0.5) is 5.95 Å². The lowest BCUT2D eigenvalue weighted by Crippen LogP contribution is -2.42. The molecule has 1 fully saturated rings. The number of hydrogen-bond donors (Lipinski definition) is 3. The van der Waals surface area contributed by atoms with Crippen LogP contribution in [0.1, 0.15) is 36.2 Å². The summed E-state index contributed by atoms with van der Waals surface area (Å²) in [7, 11) is 0. The maximum Gasteiger partial charge on any atom is 0.270 e. The van der Waals surface area contributed by atoms with E-state index in [1.54, 1.807) is 24.5 Å². The number of benzene rings is 1. The Morgan fingerprint density at radius 3 is 2.78 bits per heavy atom. The number of fused-ring (bicyclic) bond motifs is 1. The number of hydrogen-bond acceptors (Lipinski definition) is 5. The summed E-state index contributed by atoms with van der Waals surface area (Å²) in [5.74, 6) is 0.400. The van der Waals surface area contributed by atoms with E-state index in [-0.39, 0.29) is 18.0 Å². The molecule has 3 heterocycles. The first-order valence-corrected chi connectivity index (χ1v) is 11.1. The molecule has 0 radical (unpaired) electrons. The SMILES string of the molecule is O=C(N[C@H]1CCC[C@@H](Nc2ncc(Cl)c(-c3c[nH]c4ccccc34)n2)C1)c1ccccn1. The summed E-state index contributed by atoms with van der Waals surface area (Å²) in [5, 5.41) is 8.12. The average Bonchev–Trinajstić information content (AvgIpc) is 3.25. The Balaban J connectivity index is 1.30. The topological polar surface area (TPSA) is 95.6 Å². The highest BCUT2D eigenvalue weighted by atomic mass is 35.5. The average molecular weight is 447 g/mol. The number of aromatic amines is 1. The normalized spacial score (nSPS) is 18.4. The fourth-order valence-corrected chi connectivity index (χ4v) is 4.48. The minimum atomic E-state index is -0.138. The number of anilines is 1. The van der Waals surface area contributed by atoms with Crippen molar-refractivity contribution < 1.29 is 4.79 Å². The van der Waals surface area contributed by atoms with E-state index in [1.807, 2.05) is 36.5 Å². The third-order valence-electron chi connectivity index (χ3n) is 5.83. The number of halogens is 1. The summed E-state index contributed by atoms with van der Waals surface area (Å²) in [6, 6.07) is 13.6. The van der Waals surface area contributed by atoms with Crippen LogP contribution in [0.5, 0.6) is 0 Å². The van der Waals surface area contributed by atoms with E-state index in [4.69, 9.17) is 16.6 Å². The maximum atomic E-state index is 12.5. The highest BCUT2D eigenvalue weighted by molar-refractivity contribution is 6.33. The van der Waals surface area contributed by atoms with E-state index in [2.05, 4.69) is 25.6 Å². The van der Waals surface area contributed by atoms with Crippen molar-refractivity contribution in [2.45, 2.75) is 37.8 Å². The molecule has 32 heavy (non-hydrogen) atoms. The molecule has 0 bridgehead atoms. The number of pyridine rings is 1. The molecule has 1 aromatic carbocycles. The van der Waals surface area contributed by atoms with Gasteiger partial charge < -0.3 is 15.6 Å². The number of H-pyrrole nitrogens is 1. The van der Waals surface area contributed by atoms with Gasteiger partial charge in [0.25, 0.3) is 5.91 Å². The Hall–Kier alpha value is -3.45. The second-order valence-electron chi connectivity index (χ2n) is 8.03. The third-order valence-corrected chi connectivity index (χ3v) is 6.11. The van der Waals surface area contributed by atoms with E-state index >= 15 is 0 Å². The summed E-state index contributed by atoms with van der Waals surface area (Å²) in [6.07, 6.45) is 8.93. The van der Waals surface area contributed by atoms with Gasteiger partial charge in [-0.25, -0.2) is 9.97 Å². The monoisotopic (exact) mass is 446 g/mol. The lowest BCUT2D eigenvalue weighted by atomic mass is 9.91. The minimum Gasteiger partial charge on any atom is -0.360 e. The largest absolute Gasteiger partial charge is 0.360 e. The van der Waals surface area contributed by atoms with Crippen molar-refractivity contribution in [3.05, 3.63) is 71.8 Å². The standard InChI is InChI=1S/C24H23ClN6O/c25-19-14-28-24(31-22(19)18-13-27-20-9-2-1-8-17(18)20)30-16-7-5-6-15(12-16)29-23(32)21-10-3-4-11-26-21/h1-4,8-11,13-16,27H,5-7,12H2,(H,29,32)(H,28,30,31)/t15-,16+/m0/s1. The summed E-state index contributed by atoms with van der Waals surface area (Å²) in [5.41, 5.74) is 3.11. The van der Waals surface area contributed by atoms with Gasteiger partial charge >= 0.3 is 0 Å². The second kappa shape index (κ2) is 8.96. The van der Waals surface area contributed by atoms with Crippen LogP contribution in [0.25, 0.3) is 22.2 Å². The third kappa shape index (κ3) is 4.29. The molecule has 2 atom stereocenters. The van der Waals surface area contributed by atoms with Gasteiger partial charge in [-0.05, 0) is 43.9 Å². The van der Waals surface area contributed by atoms with Gasteiger partial charge in [0, 0.05) is 40.9 Å². The molecular weight excluding hydrogens is 424 g/mol. The van der Waals surface area contributed by atoms with Crippen LogP contribution < -0.4 is 10.6 Å². The Labute approximate surface area is 190 Å². The molecule has 1 saturated carbocycles. The Morgan fingerprint density at radius 1 is 1.06 bits per heavy atom. The Kier molecular flexibility index (Phi) is 5.73. The first-order valence-electron chi connectivity index (χ1n) is 10.7. The predicted octanol–water partition coefficient (Wildman–Crippen LogP) is 4.83. The van der Waals surface area contributed by atoms with Gasteiger partial charge in [-0.15, -0.1) is 0 Å². The molecule has 8 heteroatoms. The van der Waals surface area contributed by atoms with E-state index in [0.717, 1.165) is 42.1 Å². The van der Waals surface area contributed by atoms with Crippen LogP contribution in [-0.4, -0.2) is 37.9 Å². The molecule has 0 spiro atoms. The van der Waals surface area contributed by atoms with Crippen LogP contribution in [0.2, 0.25) is 5.02 Å². The number of para-hydroxylation sites is 1. The van der Waals surface area contributed by atoms with Gasteiger partial charge in [0.15, 0.2) is 0 Å². The molecule has 0 aliphatic heterocycles. The Morgan fingerprint density at radius 2 is 1.91 bits per heavy atom. The zero-order valence-corrected chi connectivity index (χ0v) is 18.1. The lowest BCUT2D eigenvalue weighted by Gasteiger charge is -2.30. The molecule has 1 aliphatic carbocycles. The fraction of sp³-hybridized carbons (Fsp3) is 0.250. The number of aromatic nitrogens is 4. The van der Waals surface area contributed by atoms with Crippen molar-refractivity contribution in [1.29, 1.82) is 0 Å². The molecule has 162 valence electrons. The van der Waals surface area contributed by atoms with Crippen molar-refractivity contribution in [2.75, 3.05) is 5.32 Å². The van der Waals surface area contributed by atoms with Crippen molar-refractivity contribution in [3.63, 3.8) is 0 Å². The fourth-order valence-electron chi connectivity index (χ4n) is 4.28. The Bertz CT molecular complexity index is 1240. The van der Waals surface area contributed by atoms with Crippen molar-refractivity contribution in [2.24, 2.45) is 0 Å². The van der Waals surface area contributed by atoms with Gasteiger partial charge in [-0.3, -0.25) is 9.78 Å². The molecule has 1 amide bonds. The minimum absolute atomic E-state index is 0.0798. The van der Waals surface area contributed by atoms with Crippen molar-refractivity contribution >= 4 is 34.4 Å². The number of rotatable bonds is 5. The van der Waals surface area contributed by atoms with Crippen molar-refractivity contribution in [3.8, 4) is 11.3 Å². The zero-order chi connectivity index (χ0) is 21.9. The zero-order valence-electron chi connectivity index (χ0n) is 17.4. The predicted molar refractivity (Wildman–Crippen MR) is 126 cm³/mol. The number of carbonyl (C=O) groups is 1. The van der Waals surface area contributed by atoms with E-state index in [9.17, 15) is 4.79 Å². The molecule has 5 rings (SSSR count). The van der Waals surface area contributed by atoms with Gasteiger partial charge in [-0.2, -0.15) is 0 Å². The molecule has 0 unspecified atom stereocenters. The molecule has 0 saturated heterocycles. The molecule has 3 aromatic heterocycles. The molecule has 4 aromatic rings. The number of amides is 1. The van der Waals surface area contributed by atoms with Gasteiger partial charge in [0.2, 0.25) is 5.95 Å². The molecule has 7 nitrogen and oxygen atoms in total. The van der Waals surface area contributed by atoms with Crippen LogP contribution in [0.15, 0.2) is 61.1 Å². The number of nitrogens with one attached hydrogen (secondary N) is 3. The van der Waals surface area contributed by atoms with E-state index in [0.29, 0.717) is 22.4 Å². The smallest absolute Gasteiger partial charge is 0.270 e. The highest BCUT2D eigenvalue weighted by Crippen LogP contribution is 2.32. The molecule has 1 aliphatic rings. The first-order chi connectivity index (χ1) is 15.7. The van der Waals surface area contributed by atoms with Crippen LogP contribution >= 0.6 is 11.6 Å². The maximum absolute atomic E-state index is 12.5. The molecular formula is C24H23ClN6O. The summed E-state index contributed by atoms with van der Waals surface area (Å²) in [6.45, 7) is 0. The van der Waals surface area contributed by atoms with Crippen molar-refractivity contribution in [1.82, 2.24) is 25.3 Å². The summed E-state index contributed by atoms with van der Waals surface area (Å²) in [4.78, 5) is 29.0. The first kappa shape index (κ1) is 20.5. The van der Waals surface area contributed by atoms with Gasteiger partial charge in [0.1, 0.15) is 5.69 Å². The summed E-state index contributed by atoms with van der Waals surface area (Å²) < 4.78 is 0. The lowest BCUT2D eigenvalue weighted by molar-refractivity contribution is 0.0921. The van der Waals surface area contributed by atoms with Gasteiger partial charge in [0.05, 0.1) is 16.9 Å². The van der Waals surface area contributed by atoms with E-state index < -0.39 is 0 Å². The van der Waals surface area contributed by atoms with E-state index in [1.165, 1.54) is 0 Å². The number of nitrogens with zero attached hydrogens (tertiary/aromatic N) is 3. The summed E-state index contributed by atoms with van der Waals surface area (Å²) >= 11 is 6.45. The van der Waals surface area contributed by atoms with Crippen LogP contribution in [-0.2, 0) is 0 Å². The van der Waals surface area contributed by atoms with Crippen LogP contribution in [0, 0.1) is 0 Å². The molecule has 3 N–H and O–H groups in total. The van der Waals surface area contributed by atoms with Crippen LogP contribution in [0.3, 0.4) is 0 Å². The van der Waals surface area contributed by atoms with Gasteiger partial charge in [-0.1, -0.05) is 35.9 Å². The quantitative estimate of drug-likeness (QED) is 0.408. The highest BCUT2D eigenvalue weighted by Gasteiger charge is 2.25. The second-order valence-corrected chi connectivity index (χ2v) is 8.44.